The van der Waals surface area contributed by atoms with Gasteiger partial charge in [-0.25, -0.2) is 0 Å². The van der Waals surface area contributed by atoms with E-state index in [2.05, 4.69) is 62.4 Å². The Morgan fingerprint density at radius 2 is 1.83 bits per heavy atom. The van der Waals surface area contributed by atoms with E-state index >= 15 is 0 Å². The van der Waals surface area contributed by atoms with Crippen LogP contribution >= 0.6 is 0 Å². The van der Waals surface area contributed by atoms with Crippen molar-refractivity contribution in [2.45, 2.75) is 40.5 Å². The Kier molecular flexibility index (Phi) is 6.21. The van der Waals surface area contributed by atoms with E-state index < -0.39 is 0 Å². The molecule has 1 aromatic carbocycles. The van der Waals surface area contributed by atoms with Crippen molar-refractivity contribution < 1.29 is 0 Å². The lowest BCUT2D eigenvalue weighted by Gasteiger charge is -2.00. The second kappa shape index (κ2) is 7.71. The molecule has 0 saturated carbocycles. The zero-order chi connectivity index (χ0) is 13.4. The maximum atomic E-state index is 2.27. The summed E-state index contributed by atoms with van der Waals surface area (Å²) in [6.45, 7) is 8.25. The summed E-state index contributed by atoms with van der Waals surface area (Å²) in [5.74, 6) is 0. The Bertz CT molecular complexity index is 459. The maximum Gasteiger partial charge on any atom is -0.00136 e. The summed E-state index contributed by atoms with van der Waals surface area (Å²) in [4.78, 5) is 0. The van der Waals surface area contributed by atoms with Gasteiger partial charge in [0.25, 0.3) is 0 Å². The predicted octanol–water partition coefficient (Wildman–Crippen LogP) is 5.56. The van der Waals surface area contributed by atoms with Crippen LogP contribution in [0.2, 0.25) is 0 Å². The van der Waals surface area contributed by atoms with Crippen molar-refractivity contribution in [1.29, 1.82) is 0 Å². The first-order chi connectivity index (χ1) is 8.86. The first-order valence-electron chi connectivity index (χ1n) is 6.97. The highest BCUT2D eigenvalue weighted by Crippen LogP contribution is 2.34. The molecule has 0 heteroatoms. The quantitative estimate of drug-likeness (QED) is 0.648. The van der Waals surface area contributed by atoms with E-state index in [0.29, 0.717) is 0 Å². The van der Waals surface area contributed by atoms with E-state index in [9.17, 15) is 0 Å². The number of rotatable bonds is 3. The van der Waals surface area contributed by atoms with Gasteiger partial charge in [-0.2, -0.15) is 0 Å². The third kappa shape index (κ3) is 3.22. The van der Waals surface area contributed by atoms with Crippen LogP contribution in [0.5, 0.6) is 0 Å². The smallest absolute Gasteiger partial charge is 0.00136 e. The highest BCUT2D eigenvalue weighted by molar-refractivity contribution is 5.84. The maximum absolute atomic E-state index is 2.27. The fourth-order valence-electron chi connectivity index (χ4n) is 2.19. The van der Waals surface area contributed by atoms with Crippen LogP contribution in [0.25, 0.3) is 5.57 Å². The summed E-state index contributed by atoms with van der Waals surface area (Å²) >= 11 is 0. The van der Waals surface area contributed by atoms with Crippen molar-refractivity contribution in [2.24, 2.45) is 0 Å². The topological polar surface area (TPSA) is 0 Å². The molecule has 0 nitrogen and oxygen atoms in total. The average Bonchev–Trinajstić information content (AvgIpc) is 2.77. The predicted molar refractivity (Wildman–Crippen MR) is 82.7 cm³/mol. The van der Waals surface area contributed by atoms with Crippen molar-refractivity contribution in [3.63, 3.8) is 0 Å². The minimum Gasteiger partial charge on any atom is -0.0874 e. The molecule has 0 amide bonds. The lowest BCUT2D eigenvalue weighted by Crippen LogP contribution is -1.80. The molecule has 0 bridgehead atoms. The third-order valence-electron chi connectivity index (χ3n) is 2.92. The van der Waals surface area contributed by atoms with Crippen LogP contribution in [0.3, 0.4) is 0 Å². The van der Waals surface area contributed by atoms with Crippen molar-refractivity contribution in [3.05, 3.63) is 65.3 Å². The van der Waals surface area contributed by atoms with E-state index in [-0.39, 0.29) is 0 Å². The molecule has 1 aromatic rings. The molecule has 18 heavy (non-hydrogen) atoms. The third-order valence-corrected chi connectivity index (χ3v) is 2.92. The van der Waals surface area contributed by atoms with Gasteiger partial charge in [-0.1, -0.05) is 69.3 Å². The Hall–Kier alpha value is -1.56. The lowest BCUT2D eigenvalue weighted by molar-refractivity contribution is 1.22. The van der Waals surface area contributed by atoms with Crippen molar-refractivity contribution >= 4 is 5.57 Å². The lowest BCUT2D eigenvalue weighted by atomic mass is 10.0. The zero-order valence-electron chi connectivity index (χ0n) is 12.0. The standard InChI is InChI=1S/C16H18.C2H6/c1-3-5-10-15-13(8-4-2)12-14-9-6-7-11-16(14)15;1-2/h4-11H,3,12H2,1-2H3;1-2H3/b8-4-,10-5-;. The molecule has 1 aliphatic rings. The number of hydrogen-bond acceptors (Lipinski definition) is 0. The average molecular weight is 240 g/mol. The molecule has 0 fully saturated rings. The molecule has 0 atom stereocenters. The Balaban J connectivity index is 0.000000771. The van der Waals surface area contributed by atoms with Crippen LogP contribution in [0.15, 0.2) is 54.1 Å². The van der Waals surface area contributed by atoms with Crippen molar-refractivity contribution in [1.82, 2.24) is 0 Å². The molecule has 0 aliphatic heterocycles. The molecule has 0 saturated heterocycles. The summed E-state index contributed by atoms with van der Waals surface area (Å²) in [5, 5.41) is 0. The van der Waals surface area contributed by atoms with E-state index in [1.807, 2.05) is 13.8 Å². The molecule has 1 aliphatic carbocycles. The fraction of sp³-hybridized carbons (Fsp3) is 0.333. The van der Waals surface area contributed by atoms with E-state index in [0.717, 1.165) is 12.8 Å². The van der Waals surface area contributed by atoms with Gasteiger partial charge in [0.15, 0.2) is 0 Å². The van der Waals surface area contributed by atoms with Gasteiger partial charge in [0.05, 0.1) is 0 Å². The molecule has 0 heterocycles. The molecular formula is C18H24. The van der Waals surface area contributed by atoms with Gasteiger partial charge >= 0.3 is 0 Å². The van der Waals surface area contributed by atoms with Crippen LogP contribution in [0, 0.1) is 0 Å². The molecular weight excluding hydrogens is 216 g/mol. The molecule has 2 rings (SSSR count). The van der Waals surface area contributed by atoms with Crippen LogP contribution in [-0.4, -0.2) is 0 Å². The van der Waals surface area contributed by atoms with Crippen LogP contribution in [-0.2, 0) is 6.42 Å². The second-order valence-electron chi connectivity index (χ2n) is 4.08. The SMILES string of the molecule is CC.C\C=C/C1=C(\C=C/CC)c2ccccc2C1. The molecule has 0 radical (unpaired) electrons. The van der Waals surface area contributed by atoms with Gasteiger partial charge in [-0.15, -0.1) is 0 Å². The Labute approximate surface area is 112 Å². The van der Waals surface area contributed by atoms with Gasteiger partial charge in [-0.3, -0.25) is 0 Å². The fourth-order valence-corrected chi connectivity index (χ4v) is 2.19. The van der Waals surface area contributed by atoms with Gasteiger partial charge in [-0.05, 0) is 42.0 Å². The molecule has 0 aromatic heterocycles. The number of hydrogen-bond donors (Lipinski definition) is 0. The highest BCUT2D eigenvalue weighted by atomic mass is 14.2. The summed E-state index contributed by atoms with van der Waals surface area (Å²) in [6.07, 6.45) is 11.0. The Morgan fingerprint density at radius 1 is 1.11 bits per heavy atom. The number of fused-ring (bicyclic) bond motifs is 1. The van der Waals surface area contributed by atoms with E-state index in [1.54, 1.807) is 0 Å². The summed E-state index contributed by atoms with van der Waals surface area (Å²) in [7, 11) is 0. The largest absolute Gasteiger partial charge is 0.0874 e. The van der Waals surface area contributed by atoms with Gasteiger partial charge in [0.2, 0.25) is 0 Å². The van der Waals surface area contributed by atoms with Crippen LogP contribution in [0.1, 0.15) is 45.2 Å². The van der Waals surface area contributed by atoms with E-state index in [1.165, 1.54) is 22.3 Å². The summed E-state index contributed by atoms with van der Waals surface area (Å²) in [5.41, 5.74) is 5.69. The highest BCUT2D eigenvalue weighted by Gasteiger charge is 2.16. The Morgan fingerprint density at radius 3 is 2.50 bits per heavy atom. The van der Waals surface area contributed by atoms with Crippen molar-refractivity contribution in [2.75, 3.05) is 0 Å². The van der Waals surface area contributed by atoms with Gasteiger partial charge < -0.3 is 0 Å². The molecule has 0 spiro atoms. The van der Waals surface area contributed by atoms with Gasteiger partial charge in [0.1, 0.15) is 0 Å². The van der Waals surface area contributed by atoms with Crippen LogP contribution < -0.4 is 0 Å². The summed E-state index contributed by atoms with van der Waals surface area (Å²) in [6, 6.07) is 8.70. The first kappa shape index (κ1) is 14.5. The number of benzene rings is 1. The summed E-state index contributed by atoms with van der Waals surface area (Å²) < 4.78 is 0. The first-order valence-corrected chi connectivity index (χ1v) is 6.97. The van der Waals surface area contributed by atoms with Crippen LogP contribution in [0.4, 0.5) is 0 Å². The number of allylic oxidation sites excluding steroid dienone is 6. The molecule has 0 unspecified atom stereocenters. The molecule has 96 valence electrons. The van der Waals surface area contributed by atoms with E-state index in [4.69, 9.17) is 0 Å². The minimum absolute atomic E-state index is 1.07. The zero-order valence-corrected chi connectivity index (χ0v) is 12.0. The van der Waals surface area contributed by atoms with Crippen molar-refractivity contribution in [3.8, 4) is 0 Å². The monoisotopic (exact) mass is 240 g/mol. The molecule has 0 N–H and O–H groups in total. The second-order valence-corrected chi connectivity index (χ2v) is 4.08. The minimum atomic E-state index is 1.07. The normalized spacial score (nSPS) is 14.0. The van der Waals surface area contributed by atoms with Gasteiger partial charge in [0, 0.05) is 0 Å².